The fourth-order valence-corrected chi connectivity index (χ4v) is 1.76. The Morgan fingerprint density at radius 2 is 2.00 bits per heavy atom. The molecular weight excluding hydrogens is 232 g/mol. The predicted octanol–water partition coefficient (Wildman–Crippen LogP) is 2.62. The number of carbonyl (C=O) groups is 1. The van der Waals surface area contributed by atoms with Crippen LogP contribution < -0.4 is 4.74 Å². The molecule has 0 aliphatic carbocycles. The van der Waals surface area contributed by atoms with E-state index in [9.17, 15) is 4.79 Å². The van der Waals surface area contributed by atoms with Gasteiger partial charge >= 0.3 is 5.97 Å². The first-order valence-corrected chi connectivity index (χ1v) is 6.10. The zero-order valence-corrected chi connectivity index (χ0v) is 10.9. The van der Waals surface area contributed by atoms with Crippen molar-refractivity contribution in [3.63, 3.8) is 0 Å². The minimum Gasteiger partial charge on any atom is -0.497 e. The van der Waals surface area contributed by atoms with Crippen LogP contribution in [-0.4, -0.2) is 25.5 Å². The normalized spacial score (nSPS) is 21.8. The summed E-state index contributed by atoms with van der Waals surface area (Å²) in [6, 6.07) is 6.83. The van der Waals surface area contributed by atoms with Crippen LogP contribution in [0.4, 0.5) is 0 Å². The van der Waals surface area contributed by atoms with Crippen molar-refractivity contribution in [1.29, 1.82) is 0 Å². The lowest BCUT2D eigenvalue weighted by Gasteiger charge is -2.03. The van der Waals surface area contributed by atoms with Crippen LogP contribution >= 0.6 is 0 Å². The lowest BCUT2D eigenvalue weighted by Crippen LogP contribution is -2.10. The van der Waals surface area contributed by atoms with Gasteiger partial charge in [0.1, 0.15) is 11.9 Å². The van der Waals surface area contributed by atoms with Gasteiger partial charge in [-0.2, -0.15) is 0 Å². The zero-order valence-electron chi connectivity index (χ0n) is 10.9. The highest BCUT2D eigenvalue weighted by Gasteiger charge is 2.42. The number of hydrogen-bond donors (Lipinski definition) is 0. The summed E-state index contributed by atoms with van der Waals surface area (Å²) < 4.78 is 15.6. The Kier molecular flexibility index (Phi) is 3.87. The van der Waals surface area contributed by atoms with Crippen LogP contribution in [0.3, 0.4) is 0 Å². The van der Waals surface area contributed by atoms with Gasteiger partial charge in [0.2, 0.25) is 6.29 Å². The molecule has 1 aliphatic heterocycles. The first-order valence-electron chi connectivity index (χ1n) is 6.10. The van der Waals surface area contributed by atoms with Crippen LogP contribution in [0, 0.1) is 5.92 Å². The fourth-order valence-electron chi connectivity index (χ4n) is 1.76. The number of methoxy groups -OCH3 is 1. The second-order valence-corrected chi connectivity index (χ2v) is 4.81. The molecule has 1 heterocycles. The van der Waals surface area contributed by atoms with Crippen molar-refractivity contribution < 1.29 is 19.0 Å². The zero-order chi connectivity index (χ0) is 13.1. The van der Waals surface area contributed by atoms with Gasteiger partial charge in [0.05, 0.1) is 12.7 Å². The Hall–Kier alpha value is -1.55. The number of ether oxygens (including phenoxy) is 3. The van der Waals surface area contributed by atoms with Crippen molar-refractivity contribution in [1.82, 2.24) is 0 Å². The third kappa shape index (κ3) is 3.23. The van der Waals surface area contributed by atoms with Gasteiger partial charge in [-0.15, -0.1) is 0 Å². The Morgan fingerprint density at radius 1 is 1.33 bits per heavy atom. The molecule has 2 atom stereocenters. The number of benzene rings is 1. The molecule has 1 aliphatic rings. The van der Waals surface area contributed by atoms with Crippen molar-refractivity contribution in [3.8, 4) is 5.75 Å². The molecule has 0 bridgehead atoms. The lowest BCUT2D eigenvalue weighted by atomic mass is 10.1. The second kappa shape index (κ2) is 5.40. The largest absolute Gasteiger partial charge is 0.497 e. The van der Waals surface area contributed by atoms with E-state index in [4.69, 9.17) is 14.2 Å². The molecule has 4 heteroatoms. The van der Waals surface area contributed by atoms with Gasteiger partial charge in [0, 0.05) is 0 Å². The van der Waals surface area contributed by atoms with E-state index < -0.39 is 0 Å². The summed E-state index contributed by atoms with van der Waals surface area (Å²) in [6.45, 7) is 4.23. The number of carbonyl (C=O) groups excluding carboxylic acids is 1. The van der Waals surface area contributed by atoms with E-state index in [0.717, 1.165) is 6.42 Å². The lowest BCUT2D eigenvalue weighted by molar-refractivity contribution is 0.0297. The molecule has 0 unspecified atom stereocenters. The number of rotatable bonds is 5. The minimum absolute atomic E-state index is 0.0622. The maximum atomic E-state index is 11.8. The fraction of sp³-hybridized carbons (Fsp3) is 0.500. The Morgan fingerprint density at radius 3 is 2.56 bits per heavy atom. The Labute approximate surface area is 107 Å². The van der Waals surface area contributed by atoms with Crippen LogP contribution in [0.25, 0.3) is 0 Å². The number of epoxide rings is 1. The number of hydrogen-bond acceptors (Lipinski definition) is 4. The first kappa shape index (κ1) is 12.9. The van der Waals surface area contributed by atoms with E-state index in [-0.39, 0.29) is 18.4 Å². The molecule has 0 aromatic heterocycles. The summed E-state index contributed by atoms with van der Waals surface area (Å²) >= 11 is 0. The van der Waals surface area contributed by atoms with Crippen LogP contribution in [0.1, 0.15) is 30.6 Å². The smallest absolute Gasteiger partial charge is 0.340 e. The van der Waals surface area contributed by atoms with Crippen molar-refractivity contribution in [2.45, 2.75) is 32.7 Å². The van der Waals surface area contributed by atoms with Crippen molar-refractivity contribution in [3.05, 3.63) is 29.8 Å². The quantitative estimate of drug-likeness (QED) is 0.595. The topological polar surface area (TPSA) is 48.1 Å². The van der Waals surface area contributed by atoms with Crippen molar-refractivity contribution >= 4 is 5.97 Å². The van der Waals surface area contributed by atoms with E-state index in [0.29, 0.717) is 17.2 Å². The molecule has 1 saturated heterocycles. The van der Waals surface area contributed by atoms with Gasteiger partial charge in [-0.3, -0.25) is 0 Å². The molecule has 0 saturated carbocycles. The highest BCUT2D eigenvalue weighted by molar-refractivity contribution is 5.89. The van der Waals surface area contributed by atoms with Gasteiger partial charge in [-0.1, -0.05) is 13.8 Å². The van der Waals surface area contributed by atoms with E-state index in [1.165, 1.54) is 0 Å². The predicted molar refractivity (Wildman–Crippen MR) is 66.5 cm³/mol. The molecule has 18 heavy (non-hydrogen) atoms. The van der Waals surface area contributed by atoms with Crippen molar-refractivity contribution in [2.75, 3.05) is 7.11 Å². The van der Waals surface area contributed by atoms with E-state index in [2.05, 4.69) is 13.8 Å². The van der Waals surface area contributed by atoms with Gasteiger partial charge in [0.25, 0.3) is 0 Å². The summed E-state index contributed by atoms with van der Waals surface area (Å²) in [5, 5.41) is 0. The summed E-state index contributed by atoms with van der Waals surface area (Å²) in [5.41, 5.74) is 0.509. The summed E-state index contributed by atoms with van der Waals surface area (Å²) in [4.78, 5) is 11.8. The number of esters is 1. The molecule has 4 nitrogen and oxygen atoms in total. The summed E-state index contributed by atoms with van der Waals surface area (Å²) in [5.74, 6) is 0.903. The summed E-state index contributed by atoms with van der Waals surface area (Å²) in [7, 11) is 1.59. The standard InChI is InChI=1S/C14H18O4/c1-9(2)8-12-14(17-12)18-13(15)10-4-6-11(16-3)7-5-10/h4-7,9,12,14H,8H2,1-3H3/t12-,14+/m1/s1. The average Bonchev–Trinajstić information content (AvgIpc) is 3.06. The second-order valence-electron chi connectivity index (χ2n) is 4.81. The van der Waals surface area contributed by atoms with Crippen LogP contribution in [-0.2, 0) is 9.47 Å². The Bertz CT molecular complexity index is 410. The van der Waals surface area contributed by atoms with Gasteiger partial charge in [0.15, 0.2) is 0 Å². The molecule has 0 radical (unpaired) electrons. The maximum absolute atomic E-state index is 11.8. The molecule has 0 spiro atoms. The van der Waals surface area contributed by atoms with E-state index in [1.807, 2.05) is 0 Å². The summed E-state index contributed by atoms with van der Waals surface area (Å²) in [6.07, 6.45) is 0.606. The van der Waals surface area contributed by atoms with Crippen LogP contribution in [0.2, 0.25) is 0 Å². The molecule has 0 N–H and O–H groups in total. The molecular formula is C14H18O4. The van der Waals surface area contributed by atoms with Gasteiger partial charge < -0.3 is 14.2 Å². The van der Waals surface area contributed by atoms with Crippen LogP contribution in [0.15, 0.2) is 24.3 Å². The third-order valence-electron chi connectivity index (χ3n) is 2.79. The first-order chi connectivity index (χ1) is 8.60. The van der Waals surface area contributed by atoms with Crippen molar-refractivity contribution in [2.24, 2.45) is 5.92 Å². The van der Waals surface area contributed by atoms with Gasteiger partial charge in [-0.05, 0) is 36.6 Å². The molecule has 1 aromatic rings. The minimum atomic E-state index is -0.373. The monoisotopic (exact) mass is 250 g/mol. The average molecular weight is 250 g/mol. The third-order valence-corrected chi connectivity index (χ3v) is 2.79. The molecule has 0 amide bonds. The molecule has 98 valence electrons. The Balaban J connectivity index is 1.85. The van der Waals surface area contributed by atoms with Crippen LogP contribution in [0.5, 0.6) is 5.75 Å². The van der Waals surface area contributed by atoms with Gasteiger partial charge in [-0.25, -0.2) is 4.79 Å². The SMILES string of the molecule is COc1ccc(C(=O)O[C@@H]2O[C@@H]2CC(C)C)cc1. The highest BCUT2D eigenvalue weighted by Crippen LogP contribution is 2.30. The van der Waals surface area contributed by atoms with E-state index >= 15 is 0 Å². The van der Waals surface area contributed by atoms with E-state index in [1.54, 1.807) is 31.4 Å². The molecule has 1 fully saturated rings. The molecule has 2 rings (SSSR count). The highest BCUT2D eigenvalue weighted by atomic mass is 16.8. The molecule has 1 aromatic carbocycles. The maximum Gasteiger partial charge on any atom is 0.340 e.